The van der Waals surface area contributed by atoms with Crippen LogP contribution in [0.15, 0.2) is 48.5 Å². The van der Waals surface area contributed by atoms with Gasteiger partial charge >= 0.3 is 6.09 Å². The highest BCUT2D eigenvalue weighted by Gasteiger charge is 2.20. The fourth-order valence-corrected chi connectivity index (χ4v) is 2.59. The molecule has 0 aliphatic rings. The molecular formula is C21H28N2O2. The Kier molecular flexibility index (Phi) is 5.85. The van der Waals surface area contributed by atoms with Gasteiger partial charge in [-0.05, 0) is 56.0 Å². The maximum absolute atomic E-state index is 12.2. The van der Waals surface area contributed by atoms with Gasteiger partial charge in [0.1, 0.15) is 5.60 Å². The Morgan fingerprint density at radius 3 is 2.48 bits per heavy atom. The summed E-state index contributed by atoms with van der Waals surface area (Å²) >= 11 is 0. The van der Waals surface area contributed by atoms with Gasteiger partial charge in [-0.15, -0.1) is 0 Å². The zero-order valence-electron chi connectivity index (χ0n) is 15.7. The van der Waals surface area contributed by atoms with E-state index in [0.29, 0.717) is 6.54 Å². The molecule has 0 saturated heterocycles. The van der Waals surface area contributed by atoms with Gasteiger partial charge in [0.15, 0.2) is 0 Å². The summed E-state index contributed by atoms with van der Waals surface area (Å²) in [6.45, 7) is 8.05. The SMILES string of the molecule is CC(N)c1cccc(-c2ccccc2CN(C)C(=O)OC(C)(C)C)c1. The monoisotopic (exact) mass is 340 g/mol. The standard InChI is InChI=1S/C21H28N2O2/c1-15(22)16-10-8-11-17(13-16)19-12-7-6-9-18(19)14-23(5)20(24)25-21(2,3)4/h6-13,15H,14,22H2,1-5H3. The molecule has 4 heteroatoms. The number of nitrogens with zero attached hydrogens (tertiary/aromatic N) is 1. The van der Waals surface area contributed by atoms with Crippen molar-refractivity contribution in [1.29, 1.82) is 0 Å². The minimum absolute atomic E-state index is 0.0171. The quantitative estimate of drug-likeness (QED) is 0.874. The maximum atomic E-state index is 12.2. The second kappa shape index (κ2) is 7.70. The molecule has 2 N–H and O–H groups in total. The summed E-state index contributed by atoms with van der Waals surface area (Å²) in [5.41, 5.74) is 9.86. The number of benzene rings is 2. The predicted octanol–water partition coefficient (Wildman–Crippen LogP) is 4.74. The molecule has 0 aliphatic carbocycles. The molecule has 2 rings (SSSR count). The van der Waals surface area contributed by atoms with Crippen LogP contribution in [0.2, 0.25) is 0 Å². The highest BCUT2D eigenvalue weighted by atomic mass is 16.6. The first-order valence-corrected chi connectivity index (χ1v) is 8.55. The number of carbonyl (C=O) groups excluding carboxylic acids is 1. The van der Waals surface area contributed by atoms with Crippen LogP contribution in [0.4, 0.5) is 4.79 Å². The third kappa shape index (κ3) is 5.33. The van der Waals surface area contributed by atoms with Crippen LogP contribution in [0.5, 0.6) is 0 Å². The van der Waals surface area contributed by atoms with Gasteiger partial charge in [0.05, 0.1) is 0 Å². The lowest BCUT2D eigenvalue weighted by Gasteiger charge is -2.25. The highest BCUT2D eigenvalue weighted by molar-refractivity contribution is 5.71. The van der Waals surface area contributed by atoms with Crippen molar-refractivity contribution in [3.05, 3.63) is 59.7 Å². The normalized spacial score (nSPS) is 12.6. The molecular weight excluding hydrogens is 312 g/mol. The van der Waals surface area contributed by atoms with Gasteiger partial charge in [0.25, 0.3) is 0 Å². The number of amides is 1. The van der Waals surface area contributed by atoms with E-state index in [1.54, 1.807) is 11.9 Å². The van der Waals surface area contributed by atoms with Crippen molar-refractivity contribution in [2.75, 3.05) is 7.05 Å². The Morgan fingerprint density at radius 1 is 1.16 bits per heavy atom. The lowest BCUT2D eigenvalue weighted by molar-refractivity contribution is 0.0285. The van der Waals surface area contributed by atoms with E-state index in [4.69, 9.17) is 10.5 Å². The van der Waals surface area contributed by atoms with Crippen LogP contribution in [0.25, 0.3) is 11.1 Å². The number of nitrogens with two attached hydrogens (primary N) is 1. The van der Waals surface area contributed by atoms with Crippen molar-refractivity contribution >= 4 is 6.09 Å². The van der Waals surface area contributed by atoms with Crippen molar-refractivity contribution in [2.24, 2.45) is 5.73 Å². The highest BCUT2D eigenvalue weighted by Crippen LogP contribution is 2.27. The molecule has 134 valence electrons. The van der Waals surface area contributed by atoms with Gasteiger partial charge in [-0.25, -0.2) is 4.79 Å². The zero-order valence-corrected chi connectivity index (χ0v) is 15.7. The second-order valence-corrected chi connectivity index (χ2v) is 7.41. The Morgan fingerprint density at radius 2 is 1.84 bits per heavy atom. The topological polar surface area (TPSA) is 55.6 Å². The second-order valence-electron chi connectivity index (χ2n) is 7.41. The first-order valence-electron chi connectivity index (χ1n) is 8.55. The minimum atomic E-state index is -0.504. The molecule has 0 bridgehead atoms. The summed E-state index contributed by atoms with van der Waals surface area (Å²) in [6, 6.07) is 16.3. The molecule has 0 radical (unpaired) electrons. The van der Waals surface area contributed by atoms with Crippen LogP contribution in [0.3, 0.4) is 0 Å². The maximum Gasteiger partial charge on any atom is 0.410 e. The number of carbonyl (C=O) groups is 1. The van der Waals surface area contributed by atoms with Gasteiger partial charge in [-0.1, -0.05) is 42.5 Å². The Balaban J connectivity index is 2.27. The largest absolute Gasteiger partial charge is 0.444 e. The predicted molar refractivity (Wildman–Crippen MR) is 102 cm³/mol. The van der Waals surface area contributed by atoms with Crippen molar-refractivity contribution < 1.29 is 9.53 Å². The first-order chi connectivity index (χ1) is 11.7. The summed E-state index contributed by atoms with van der Waals surface area (Å²) in [7, 11) is 1.75. The van der Waals surface area contributed by atoms with Crippen molar-refractivity contribution in [3.63, 3.8) is 0 Å². The van der Waals surface area contributed by atoms with Crippen molar-refractivity contribution in [1.82, 2.24) is 4.90 Å². The van der Waals surface area contributed by atoms with Gasteiger partial charge in [-0.3, -0.25) is 0 Å². The van der Waals surface area contributed by atoms with Crippen LogP contribution in [0, 0.1) is 0 Å². The minimum Gasteiger partial charge on any atom is -0.444 e. The lowest BCUT2D eigenvalue weighted by Crippen LogP contribution is -2.33. The molecule has 4 nitrogen and oxygen atoms in total. The van der Waals surface area contributed by atoms with E-state index in [9.17, 15) is 4.79 Å². The molecule has 1 amide bonds. The molecule has 0 aromatic heterocycles. The third-order valence-corrected chi connectivity index (χ3v) is 3.85. The fraction of sp³-hybridized carbons (Fsp3) is 0.381. The lowest BCUT2D eigenvalue weighted by atomic mass is 9.96. The molecule has 2 aromatic rings. The number of hydrogen-bond donors (Lipinski definition) is 1. The average Bonchev–Trinajstić information content (AvgIpc) is 2.54. The summed E-state index contributed by atoms with van der Waals surface area (Å²) in [6.07, 6.45) is -0.327. The Hall–Kier alpha value is -2.33. The average molecular weight is 340 g/mol. The molecule has 0 heterocycles. The van der Waals surface area contributed by atoms with Gasteiger partial charge in [0.2, 0.25) is 0 Å². The van der Waals surface area contributed by atoms with Gasteiger partial charge in [0, 0.05) is 19.6 Å². The molecule has 0 spiro atoms. The molecule has 0 aliphatic heterocycles. The summed E-state index contributed by atoms with van der Waals surface area (Å²) in [5, 5.41) is 0. The molecule has 1 atom stereocenters. The van der Waals surface area contributed by atoms with Crippen LogP contribution in [0.1, 0.15) is 44.9 Å². The molecule has 1 unspecified atom stereocenters. The summed E-state index contributed by atoms with van der Waals surface area (Å²) in [4.78, 5) is 13.8. The molecule has 0 saturated carbocycles. The van der Waals surface area contributed by atoms with Crippen LogP contribution < -0.4 is 5.73 Å². The molecule has 0 fully saturated rings. The van der Waals surface area contributed by atoms with E-state index >= 15 is 0 Å². The van der Waals surface area contributed by atoms with Crippen LogP contribution >= 0.6 is 0 Å². The van der Waals surface area contributed by atoms with Crippen LogP contribution in [-0.4, -0.2) is 23.6 Å². The first kappa shape index (κ1) is 19.0. The number of rotatable bonds is 4. The number of hydrogen-bond acceptors (Lipinski definition) is 3. The van der Waals surface area contributed by atoms with Crippen molar-refractivity contribution in [3.8, 4) is 11.1 Å². The molecule has 25 heavy (non-hydrogen) atoms. The third-order valence-electron chi connectivity index (χ3n) is 3.85. The van der Waals surface area contributed by atoms with Gasteiger partial charge < -0.3 is 15.4 Å². The zero-order chi connectivity index (χ0) is 18.6. The van der Waals surface area contributed by atoms with E-state index in [-0.39, 0.29) is 12.1 Å². The van der Waals surface area contributed by atoms with E-state index in [1.165, 1.54) is 0 Å². The van der Waals surface area contributed by atoms with E-state index in [2.05, 4.69) is 18.2 Å². The molecule has 2 aromatic carbocycles. The van der Waals surface area contributed by atoms with E-state index in [1.807, 2.05) is 58.0 Å². The Labute approximate surface area is 150 Å². The van der Waals surface area contributed by atoms with E-state index < -0.39 is 5.60 Å². The Bertz CT molecular complexity index is 733. The van der Waals surface area contributed by atoms with E-state index in [0.717, 1.165) is 22.3 Å². The van der Waals surface area contributed by atoms with Crippen LogP contribution in [-0.2, 0) is 11.3 Å². The smallest absolute Gasteiger partial charge is 0.410 e. The fourth-order valence-electron chi connectivity index (χ4n) is 2.59. The van der Waals surface area contributed by atoms with Crippen molar-refractivity contribution in [2.45, 2.75) is 45.9 Å². The van der Waals surface area contributed by atoms with Gasteiger partial charge in [-0.2, -0.15) is 0 Å². The summed E-state index contributed by atoms with van der Waals surface area (Å²) < 4.78 is 5.44. The summed E-state index contributed by atoms with van der Waals surface area (Å²) in [5.74, 6) is 0. The number of ether oxygens (including phenoxy) is 1.